The SMILES string of the molecule is CC(CNC(=O)c1cccc(-n2ccc(C(F)(F)F)n2)c1)C(=O)O. The Morgan fingerprint density at radius 3 is 2.62 bits per heavy atom. The number of benzene rings is 1. The lowest BCUT2D eigenvalue weighted by Crippen LogP contribution is -2.31. The van der Waals surface area contributed by atoms with Crippen LogP contribution in [0, 0.1) is 5.92 Å². The summed E-state index contributed by atoms with van der Waals surface area (Å²) in [7, 11) is 0. The van der Waals surface area contributed by atoms with Crippen LogP contribution in [0.2, 0.25) is 0 Å². The second kappa shape index (κ2) is 6.73. The van der Waals surface area contributed by atoms with Crippen LogP contribution in [-0.2, 0) is 11.0 Å². The number of alkyl halides is 3. The zero-order valence-corrected chi connectivity index (χ0v) is 12.5. The Morgan fingerprint density at radius 2 is 2.04 bits per heavy atom. The van der Waals surface area contributed by atoms with Crippen LogP contribution in [0.3, 0.4) is 0 Å². The number of aliphatic carboxylic acids is 1. The van der Waals surface area contributed by atoms with E-state index < -0.39 is 29.7 Å². The van der Waals surface area contributed by atoms with Crippen LogP contribution in [0.5, 0.6) is 0 Å². The van der Waals surface area contributed by atoms with Crippen molar-refractivity contribution in [3.63, 3.8) is 0 Å². The molecule has 0 fully saturated rings. The molecule has 2 N–H and O–H groups in total. The van der Waals surface area contributed by atoms with Gasteiger partial charge < -0.3 is 10.4 Å². The molecular formula is C15H14F3N3O3. The summed E-state index contributed by atoms with van der Waals surface area (Å²) < 4.78 is 38.7. The quantitative estimate of drug-likeness (QED) is 0.874. The van der Waals surface area contributed by atoms with E-state index in [1.165, 1.54) is 31.2 Å². The first-order valence-corrected chi connectivity index (χ1v) is 6.93. The number of hydrogen-bond acceptors (Lipinski definition) is 3. The third kappa shape index (κ3) is 4.12. The van der Waals surface area contributed by atoms with Crippen molar-refractivity contribution in [3.05, 3.63) is 47.8 Å². The molecule has 2 rings (SSSR count). The van der Waals surface area contributed by atoms with Gasteiger partial charge in [-0.1, -0.05) is 13.0 Å². The maximum atomic E-state index is 12.6. The van der Waals surface area contributed by atoms with Gasteiger partial charge in [-0.25, -0.2) is 4.68 Å². The van der Waals surface area contributed by atoms with Crippen LogP contribution in [0.4, 0.5) is 13.2 Å². The number of aromatic nitrogens is 2. The number of rotatable bonds is 5. The van der Waals surface area contributed by atoms with Crippen LogP contribution in [0.25, 0.3) is 5.69 Å². The van der Waals surface area contributed by atoms with Gasteiger partial charge in [0.25, 0.3) is 5.91 Å². The van der Waals surface area contributed by atoms with Crippen LogP contribution in [0.15, 0.2) is 36.5 Å². The molecule has 2 aromatic rings. The summed E-state index contributed by atoms with van der Waals surface area (Å²) in [6.07, 6.45) is -3.40. The summed E-state index contributed by atoms with van der Waals surface area (Å²) in [6.45, 7) is 1.39. The molecule has 0 aliphatic carbocycles. The van der Waals surface area contributed by atoms with Crippen molar-refractivity contribution in [1.29, 1.82) is 0 Å². The average Bonchev–Trinajstić information content (AvgIpc) is 3.02. The maximum absolute atomic E-state index is 12.6. The number of carbonyl (C=O) groups excluding carboxylic acids is 1. The van der Waals surface area contributed by atoms with E-state index >= 15 is 0 Å². The molecule has 0 radical (unpaired) electrons. The number of carboxylic acids is 1. The highest BCUT2D eigenvalue weighted by Gasteiger charge is 2.33. The monoisotopic (exact) mass is 341 g/mol. The van der Waals surface area contributed by atoms with Crippen molar-refractivity contribution < 1.29 is 27.9 Å². The Hall–Kier alpha value is -2.84. The number of nitrogens with zero attached hydrogens (tertiary/aromatic N) is 2. The molecule has 1 heterocycles. The number of nitrogens with one attached hydrogen (secondary N) is 1. The lowest BCUT2D eigenvalue weighted by molar-refractivity contribution is -0.142. The van der Waals surface area contributed by atoms with Gasteiger partial charge >= 0.3 is 12.1 Å². The average molecular weight is 341 g/mol. The molecule has 0 spiro atoms. The lowest BCUT2D eigenvalue weighted by atomic mass is 10.1. The third-order valence-electron chi connectivity index (χ3n) is 3.24. The van der Waals surface area contributed by atoms with E-state index in [1.807, 2.05) is 0 Å². The lowest BCUT2D eigenvalue weighted by Gasteiger charge is -2.09. The molecule has 0 aliphatic heterocycles. The summed E-state index contributed by atoms with van der Waals surface area (Å²) in [4.78, 5) is 22.7. The summed E-state index contributed by atoms with van der Waals surface area (Å²) >= 11 is 0. The number of carbonyl (C=O) groups is 2. The first-order valence-electron chi connectivity index (χ1n) is 6.93. The largest absolute Gasteiger partial charge is 0.481 e. The zero-order chi connectivity index (χ0) is 17.9. The van der Waals surface area contributed by atoms with E-state index in [-0.39, 0.29) is 17.8 Å². The van der Waals surface area contributed by atoms with Crippen LogP contribution in [-0.4, -0.2) is 33.3 Å². The molecule has 24 heavy (non-hydrogen) atoms. The Labute approximate surface area is 134 Å². The molecule has 1 atom stereocenters. The molecule has 1 unspecified atom stereocenters. The molecule has 0 saturated heterocycles. The first kappa shape index (κ1) is 17.5. The van der Waals surface area contributed by atoms with E-state index in [1.54, 1.807) is 0 Å². The van der Waals surface area contributed by atoms with Crippen molar-refractivity contribution in [1.82, 2.24) is 15.1 Å². The number of halogens is 3. The highest BCUT2D eigenvalue weighted by atomic mass is 19.4. The molecule has 0 aliphatic rings. The molecule has 1 aromatic carbocycles. The highest BCUT2D eigenvalue weighted by molar-refractivity contribution is 5.94. The van der Waals surface area contributed by atoms with Gasteiger partial charge in [-0.15, -0.1) is 0 Å². The minimum Gasteiger partial charge on any atom is -0.481 e. The van der Waals surface area contributed by atoms with E-state index in [0.29, 0.717) is 0 Å². The summed E-state index contributed by atoms with van der Waals surface area (Å²) in [5.41, 5.74) is -0.564. The Kier molecular flexibility index (Phi) is 4.91. The van der Waals surface area contributed by atoms with E-state index in [9.17, 15) is 22.8 Å². The van der Waals surface area contributed by atoms with E-state index in [0.717, 1.165) is 16.9 Å². The van der Waals surface area contributed by atoms with E-state index in [2.05, 4.69) is 10.4 Å². The standard InChI is InChI=1S/C15H14F3N3O3/c1-9(14(23)24)8-19-13(22)10-3-2-4-11(7-10)21-6-5-12(20-21)15(16,17)18/h2-7,9H,8H2,1H3,(H,19,22)(H,23,24). The van der Waals surface area contributed by atoms with Gasteiger partial charge in [0.15, 0.2) is 5.69 Å². The fraction of sp³-hybridized carbons (Fsp3) is 0.267. The molecule has 1 aromatic heterocycles. The van der Waals surface area contributed by atoms with Crippen molar-refractivity contribution >= 4 is 11.9 Å². The van der Waals surface area contributed by atoms with Crippen LogP contribution >= 0.6 is 0 Å². The summed E-state index contributed by atoms with van der Waals surface area (Å²) in [6, 6.07) is 6.68. The first-order chi connectivity index (χ1) is 11.2. The minimum absolute atomic E-state index is 0.0572. The Balaban J connectivity index is 2.15. The normalized spacial score (nSPS) is 12.7. The van der Waals surface area contributed by atoms with Gasteiger partial charge in [-0.2, -0.15) is 18.3 Å². The van der Waals surface area contributed by atoms with E-state index in [4.69, 9.17) is 5.11 Å². The second-order valence-corrected chi connectivity index (χ2v) is 5.14. The molecule has 128 valence electrons. The van der Waals surface area contributed by atoms with Crippen molar-refractivity contribution in [2.24, 2.45) is 5.92 Å². The topological polar surface area (TPSA) is 84.2 Å². The third-order valence-corrected chi connectivity index (χ3v) is 3.24. The van der Waals surface area contributed by atoms with Gasteiger partial charge in [0.1, 0.15) is 0 Å². The Bertz CT molecular complexity index is 756. The van der Waals surface area contributed by atoms with Crippen molar-refractivity contribution in [3.8, 4) is 5.69 Å². The molecule has 0 saturated carbocycles. The fourth-order valence-corrected chi connectivity index (χ4v) is 1.84. The van der Waals surface area contributed by atoms with Crippen LogP contribution in [0.1, 0.15) is 23.0 Å². The molecular weight excluding hydrogens is 327 g/mol. The molecule has 1 amide bonds. The summed E-state index contributed by atoms with van der Waals surface area (Å²) in [5, 5.41) is 14.7. The van der Waals surface area contributed by atoms with Crippen molar-refractivity contribution in [2.75, 3.05) is 6.54 Å². The molecule has 0 bridgehead atoms. The zero-order valence-electron chi connectivity index (χ0n) is 12.5. The smallest absolute Gasteiger partial charge is 0.435 e. The fourth-order valence-electron chi connectivity index (χ4n) is 1.84. The van der Waals surface area contributed by atoms with Gasteiger partial charge in [0.05, 0.1) is 11.6 Å². The minimum atomic E-state index is -4.55. The molecule has 9 heteroatoms. The van der Waals surface area contributed by atoms with Gasteiger partial charge in [-0.3, -0.25) is 9.59 Å². The number of carboxylic acid groups (broad SMARTS) is 1. The predicted molar refractivity (Wildman–Crippen MR) is 77.7 cm³/mol. The summed E-state index contributed by atoms with van der Waals surface area (Å²) in [5.74, 6) is -2.31. The maximum Gasteiger partial charge on any atom is 0.435 e. The number of amides is 1. The van der Waals surface area contributed by atoms with Gasteiger partial charge in [-0.05, 0) is 24.3 Å². The van der Waals surface area contributed by atoms with Gasteiger partial charge in [0.2, 0.25) is 0 Å². The van der Waals surface area contributed by atoms with Crippen molar-refractivity contribution in [2.45, 2.75) is 13.1 Å². The highest BCUT2D eigenvalue weighted by Crippen LogP contribution is 2.27. The van der Waals surface area contributed by atoms with Gasteiger partial charge in [0, 0.05) is 18.3 Å². The molecule has 6 nitrogen and oxygen atoms in total. The number of hydrogen-bond donors (Lipinski definition) is 2. The van der Waals surface area contributed by atoms with Crippen LogP contribution < -0.4 is 5.32 Å². The Morgan fingerprint density at radius 1 is 1.33 bits per heavy atom. The second-order valence-electron chi connectivity index (χ2n) is 5.14. The predicted octanol–water partition coefficient (Wildman–Crippen LogP) is 2.34.